The van der Waals surface area contributed by atoms with E-state index in [1.54, 1.807) is 13.1 Å². The molecule has 0 saturated carbocycles. The van der Waals surface area contributed by atoms with Gasteiger partial charge in [-0.15, -0.1) is 0 Å². The average molecular weight is 287 g/mol. The number of aromatic amines is 1. The molecule has 3 aromatic heterocycles. The molecule has 3 aromatic rings. The SMILES string of the molecule is CCc1c(C)nc2c(-n3cnc(C(=O)O)c3)c[nH]n2c1=O. The van der Waals surface area contributed by atoms with Crippen LogP contribution in [-0.4, -0.2) is 35.2 Å². The van der Waals surface area contributed by atoms with Crippen molar-refractivity contribution in [3.63, 3.8) is 0 Å². The Kier molecular flexibility index (Phi) is 2.86. The standard InChI is InChI=1S/C13H13N5O3/c1-3-8-7(2)16-11-10(4-15-18(11)12(8)19)17-5-9(13(20)21)14-6-17/h4-6,15H,3H2,1-2H3,(H,20,21). The molecule has 0 spiro atoms. The van der Waals surface area contributed by atoms with Crippen molar-refractivity contribution in [3.05, 3.63) is 46.0 Å². The lowest BCUT2D eigenvalue weighted by Gasteiger charge is -2.03. The number of aromatic nitrogens is 5. The van der Waals surface area contributed by atoms with E-state index in [0.717, 1.165) is 0 Å². The fourth-order valence-electron chi connectivity index (χ4n) is 2.31. The highest BCUT2D eigenvalue weighted by molar-refractivity contribution is 5.85. The first-order chi connectivity index (χ1) is 10.0. The molecule has 21 heavy (non-hydrogen) atoms. The van der Waals surface area contributed by atoms with Gasteiger partial charge in [-0.1, -0.05) is 6.92 Å². The van der Waals surface area contributed by atoms with Gasteiger partial charge >= 0.3 is 5.97 Å². The van der Waals surface area contributed by atoms with Gasteiger partial charge in [0, 0.05) is 23.7 Å². The number of aryl methyl sites for hydroxylation is 1. The second-order valence-corrected chi connectivity index (χ2v) is 4.62. The third-order valence-electron chi connectivity index (χ3n) is 3.38. The van der Waals surface area contributed by atoms with E-state index < -0.39 is 5.97 Å². The van der Waals surface area contributed by atoms with E-state index in [0.29, 0.717) is 29.0 Å². The number of H-pyrrole nitrogens is 1. The first kappa shape index (κ1) is 13.1. The number of fused-ring (bicyclic) bond motifs is 1. The van der Waals surface area contributed by atoms with Crippen molar-refractivity contribution in [1.29, 1.82) is 0 Å². The average Bonchev–Trinajstić information content (AvgIpc) is 3.04. The lowest BCUT2D eigenvalue weighted by molar-refractivity contribution is 0.0691. The Labute approximate surface area is 118 Å². The maximum atomic E-state index is 12.3. The van der Waals surface area contributed by atoms with Gasteiger partial charge in [-0.2, -0.15) is 4.52 Å². The number of nitrogens with one attached hydrogen (secondary N) is 1. The summed E-state index contributed by atoms with van der Waals surface area (Å²) < 4.78 is 2.87. The fraction of sp³-hybridized carbons (Fsp3) is 0.231. The normalized spacial score (nSPS) is 11.1. The van der Waals surface area contributed by atoms with Gasteiger partial charge < -0.3 is 9.67 Å². The molecule has 3 rings (SSSR count). The second kappa shape index (κ2) is 4.58. The van der Waals surface area contributed by atoms with Gasteiger partial charge in [0.15, 0.2) is 11.3 Å². The molecule has 108 valence electrons. The summed E-state index contributed by atoms with van der Waals surface area (Å²) in [6.07, 6.45) is 4.95. The quantitative estimate of drug-likeness (QED) is 0.740. The Bertz CT molecular complexity index is 902. The molecule has 8 heteroatoms. The molecule has 0 aliphatic heterocycles. The highest BCUT2D eigenvalue weighted by atomic mass is 16.4. The van der Waals surface area contributed by atoms with Crippen molar-refractivity contribution in [2.75, 3.05) is 0 Å². The van der Waals surface area contributed by atoms with E-state index in [-0.39, 0.29) is 11.3 Å². The van der Waals surface area contributed by atoms with Crippen molar-refractivity contribution >= 4 is 11.6 Å². The molecular weight excluding hydrogens is 274 g/mol. The molecule has 0 amide bonds. The molecule has 0 bridgehead atoms. The number of carboxylic acids is 1. The molecular formula is C13H13N5O3. The molecule has 8 nitrogen and oxygen atoms in total. The summed E-state index contributed by atoms with van der Waals surface area (Å²) in [5, 5.41) is 11.8. The van der Waals surface area contributed by atoms with Crippen molar-refractivity contribution in [3.8, 4) is 5.69 Å². The van der Waals surface area contributed by atoms with Gasteiger partial charge in [0.1, 0.15) is 12.0 Å². The van der Waals surface area contributed by atoms with Crippen LogP contribution in [0.5, 0.6) is 0 Å². The summed E-state index contributed by atoms with van der Waals surface area (Å²) >= 11 is 0. The highest BCUT2D eigenvalue weighted by Crippen LogP contribution is 2.14. The maximum absolute atomic E-state index is 12.3. The zero-order chi connectivity index (χ0) is 15.1. The summed E-state index contributed by atoms with van der Waals surface area (Å²) in [5.41, 5.74) is 2.10. The molecule has 0 aliphatic carbocycles. The zero-order valence-corrected chi connectivity index (χ0v) is 11.5. The van der Waals surface area contributed by atoms with Crippen LogP contribution in [0.15, 0.2) is 23.5 Å². The number of carbonyl (C=O) groups is 1. The lowest BCUT2D eigenvalue weighted by Crippen LogP contribution is -2.21. The van der Waals surface area contributed by atoms with Gasteiger partial charge in [-0.05, 0) is 13.3 Å². The Morgan fingerprint density at radius 1 is 1.48 bits per heavy atom. The van der Waals surface area contributed by atoms with Crippen LogP contribution in [0.3, 0.4) is 0 Å². The van der Waals surface area contributed by atoms with Gasteiger partial charge in [-0.25, -0.2) is 14.8 Å². The summed E-state index contributed by atoms with van der Waals surface area (Å²) in [6, 6.07) is 0. The van der Waals surface area contributed by atoms with Gasteiger partial charge in [0.05, 0.1) is 0 Å². The minimum absolute atomic E-state index is 0.0707. The van der Waals surface area contributed by atoms with Gasteiger partial charge in [0.25, 0.3) is 5.56 Å². The van der Waals surface area contributed by atoms with E-state index in [9.17, 15) is 9.59 Å². The number of imidazole rings is 1. The number of aromatic carboxylic acids is 1. The zero-order valence-electron chi connectivity index (χ0n) is 11.5. The number of carboxylic acid groups (broad SMARTS) is 1. The van der Waals surface area contributed by atoms with Crippen LogP contribution in [-0.2, 0) is 6.42 Å². The van der Waals surface area contributed by atoms with Crippen LogP contribution in [0.4, 0.5) is 0 Å². The number of hydrogen-bond acceptors (Lipinski definition) is 4. The minimum atomic E-state index is -1.11. The molecule has 0 saturated heterocycles. The van der Waals surface area contributed by atoms with Crippen molar-refractivity contribution in [1.82, 2.24) is 24.1 Å². The fourth-order valence-corrected chi connectivity index (χ4v) is 2.31. The third-order valence-corrected chi connectivity index (χ3v) is 3.38. The van der Waals surface area contributed by atoms with Crippen LogP contribution >= 0.6 is 0 Å². The molecule has 0 atom stereocenters. The summed E-state index contributed by atoms with van der Waals surface area (Å²) in [7, 11) is 0. The number of nitrogens with zero attached hydrogens (tertiary/aromatic N) is 4. The van der Waals surface area contributed by atoms with Crippen LogP contribution in [0.25, 0.3) is 11.3 Å². The first-order valence-electron chi connectivity index (χ1n) is 6.40. The number of rotatable bonds is 3. The Morgan fingerprint density at radius 2 is 2.24 bits per heavy atom. The summed E-state index contributed by atoms with van der Waals surface area (Å²) in [6.45, 7) is 3.68. The molecule has 3 heterocycles. The van der Waals surface area contributed by atoms with E-state index in [1.165, 1.54) is 21.6 Å². The largest absolute Gasteiger partial charge is 0.476 e. The lowest BCUT2D eigenvalue weighted by atomic mass is 10.2. The second-order valence-electron chi connectivity index (χ2n) is 4.62. The molecule has 0 fully saturated rings. The third kappa shape index (κ3) is 1.92. The Balaban J connectivity index is 2.25. The Morgan fingerprint density at radius 3 is 2.86 bits per heavy atom. The topological polar surface area (TPSA) is 105 Å². The predicted molar refractivity (Wildman–Crippen MR) is 74.0 cm³/mol. The van der Waals surface area contributed by atoms with Crippen molar-refractivity contribution < 1.29 is 9.90 Å². The van der Waals surface area contributed by atoms with Gasteiger partial charge in [-0.3, -0.25) is 9.89 Å². The van der Waals surface area contributed by atoms with Crippen LogP contribution < -0.4 is 5.56 Å². The van der Waals surface area contributed by atoms with Crippen LogP contribution in [0, 0.1) is 6.92 Å². The molecule has 0 aliphatic rings. The van der Waals surface area contributed by atoms with Crippen LogP contribution in [0.1, 0.15) is 28.7 Å². The monoisotopic (exact) mass is 287 g/mol. The van der Waals surface area contributed by atoms with Crippen molar-refractivity contribution in [2.45, 2.75) is 20.3 Å². The molecule has 2 N–H and O–H groups in total. The van der Waals surface area contributed by atoms with E-state index in [2.05, 4.69) is 15.1 Å². The van der Waals surface area contributed by atoms with Gasteiger partial charge in [0.2, 0.25) is 0 Å². The predicted octanol–water partition coefficient (Wildman–Crippen LogP) is 0.777. The highest BCUT2D eigenvalue weighted by Gasteiger charge is 2.15. The maximum Gasteiger partial charge on any atom is 0.356 e. The van der Waals surface area contributed by atoms with E-state index in [4.69, 9.17) is 5.11 Å². The van der Waals surface area contributed by atoms with Crippen molar-refractivity contribution in [2.24, 2.45) is 0 Å². The number of hydrogen-bond donors (Lipinski definition) is 2. The van der Waals surface area contributed by atoms with E-state index >= 15 is 0 Å². The van der Waals surface area contributed by atoms with E-state index in [1.807, 2.05) is 6.92 Å². The summed E-state index contributed by atoms with van der Waals surface area (Å²) in [4.78, 5) is 31.4. The smallest absolute Gasteiger partial charge is 0.356 e. The molecule has 0 radical (unpaired) electrons. The molecule has 0 unspecified atom stereocenters. The first-order valence-corrected chi connectivity index (χ1v) is 6.40. The Hall–Kier alpha value is -2.90. The van der Waals surface area contributed by atoms with Crippen LogP contribution in [0.2, 0.25) is 0 Å². The summed E-state index contributed by atoms with van der Waals surface area (Å²) in [5.74, 6) is -1.11. The molecule has 0 aromatic carbocycles. The minimum Gasteiger partial charge on any atom is -0.476 e.